The molecule has 0 bridgehead atoms. The van der Waals surface area contributed by atoms with E-state index in [1.807, 2.05) is 60.7 Å². The molecule has 0 saturated heterocycles. The molecule has 0 amide bonds. The Balaban J connectivity index is 2.10. The summed E-state index contributed by atoms with van der Waals surface area (Å²) in [7, 11) is 0. The number of rotatable bonds is 14. The third kappa shape index (κ3) is 8.24. The number of Topliss-reactive ketones (excluding diaryl/α,β-unsaturated/α-hetero) is 1. The van der Waals surface area contributed by atoms with Crippen molar-refractivity contribution in [3.05, 3.63) is 71.8 Å². The van der Waals surface area contributed by atoms with Crippen molar-refractivity contribution in [2.45, 2.75) is 44.7 Å². The Morgan fingerprint density at radius 2 is 1.62 bits per heavy atom. The molecule has 2 rings (SSSR count). The lowest BCUT2D eigenvalue weighted by atomic mass is 9.90. The van der Waals surface area contributed by atoms with Crippen LogP contribution in [-0.2, 0) is 25.5 Å². The fraction of sp³-hybridized carbons (Fsp3) is 0.400. The number of carboxylic acids is 1. The number of esters is 1. The van der Waals surface area contributed by atoms with E-state index in [4.69, 9.17) is 9.84 Å². The van der Waals surface area contributed by atoms with Gasteiger partial charge in [-0.1, -0.05) is 60.7 Å². The van der Waals surface area contributed by atoms with Crippen LogP contribution in [0.2, 0.25) is 0 Å². The van der Waals surface area contributed by atoms with Crippen molar-refractivity contribution < 1.29 is 24.2 Å². The number of hydrogen-bond acceptors (Lipinski definition) is 6. The van der Waals surface area contributed by atoms with Gasteiger partial charge in [-0.15, -0.1) is 0 Å². The number of hydrogen-bond donors (Lipinski definition) is 3. The second kappa shape index (κ2) is 13.4. The number of carbonyl (C=O) groups excluding carboxylic acids is 2. The van der Waals surface area contributed by atoms with Gasteiger partial charge in [-0.2, -0.15) is 0 Å². The minimum absolute atomic E-state index is 0.122. The predicted octanol–water partition coefficient (Wildman–Crippen LogP) is 2.56. The maximum Gasteiger partial charge on any atom is 0.323 e. The van der Waals surface area contributed by atoms with Crippen LogP contribution in [-0.4, -0.2) is 54.6 Å². The topological polar surface area (TPSA) is 105 Å². The van der Waals surface area contributed by atoms with Gasteiger partial charge >= 0.3 is 11.9 Å². The van der Waals surface area contributed by atoms with Gasteiger partial charge in [0.05, 0.1) is 25.1 Å². The number of carbonyl (C=O) groups is 3. The summed E-state index contributed by atoms with van der Waals surface area (Å²) in [5.74, 6) is -2.04. The molecule has 2 aromatic carbocycles. The van der Waals surface area contributed by atoms with Crippen molar-refractivity contribution in [2.75, 3.05) is 19.7 Å². The van der Waals surface area contributed by atoms with Gasteiger partial charge in [-0.25, -0.2) is 0 Å². The second-order valence-corrected chi connectivity index (χ2v) is 7.61. The van der Waals surface area contributed by atoms with E-state index in [0.717, 1.165) is 11.1 Å². The van der Waals surface area contributed by atoms with Gasteiger partial charge in [0, 0.05) is 6.54 Å². The first kappa shape index (κ1) is 25.2. The number of nitrogens with one attached hydrogen (secondary N) is 2. The standard InChI is InChI=1S/C25H32N2O5/c1-3-32-25(31)22(15-14-19-10-6-4-7-11-19)27-18(2)24(30)21(16-26-17-23(28)29)20-12-8-5-9-13-20/h4-13,18,21-22,26-27H,3,14-17H2,1-2H3,(H,28,29)/t18-,21?,22-/m0/s1. The highest BCUT2D eigenvalue weighted by Gasteiger charge is 2.29. The van der Waals surface area contributed by atoms with Crippen molar-refractivity contribution in [1.29, 1.82) is 0 Å². The van der Waals surface area contributed by atoms with E-state index in [1.165, 1.54) is 0 Å². The van der Waals surface area contributed by atoms with Crippen LogP contribution < -0.4 is 10.6 Å². The maximum atomic E-state index is 13.3. The molecule has 0 fully saturated rings. The average molecular weight is 441 g/mol. The Kier molecular flexibility index (Phi) is 10.6. The van der Waals surface area contributed by atoms with Gasteiger partial charge in [0.15, 0.2) is 5.78 Å². The van der Waals surface area contributed by atoms with Crippen molar-refractivity contribution >= 4 is 17.7 Å². The van der Waals surface area contributed by atoms with Gasteiger partial charge in [0.25, 0.3) is 0 Å². The van der Waals surface area contributed by atoms with Gasteiger partial charge < -0.3 is 15.2 Å². The summed E-state index contributed by atoms with van der Waals surface area (Å²) in [6.45, 7) is 3.69. The molecule has 0 aliphatic heterocycles. The van der Waals surface area contributed by atoms with Crippen LogP contribution in [0.3, 0.4) is 0 Å². The van der Waals surface area contributed by atoms with Crippen molar-refractivity contribution in [1.82, 2.24) is 10.6 Å². The Morgan fingerprint density at radius 1 is 1.00 bits per heavy atom. The molecule has 1 unspecified atom stereocenters. The fourth-order valence-corrected chi connectivity index (χ4v) is 3.54. The first-order chi connectivity index (χ1) is 15.4. The van der Waals surface area contributed by atoms with Crippen LogP contribution in [0.15, 0.2) is 60.7 Å². The van der Waals surface area contributed by atoms with Gasteiger partial charge in [-0.3, -0.25) is 19.7 Å². The summed E-state index contributed by atoms with van der Waals surface area (Å²) in [4.78, 5) is 36.7. The first-order valence-corrected chi connectivity index (χ1v) is 10.9. The SMILES string of the molecule is CCOC(=O)[C@H](CCc1ccccc1)N[C@@H](C)C(=O)C(CNCC(=O)O)c1ccccc1. The zero-order chi connectivity index (χ0) is 23.3. The second-order valence-electron chi connectivity index (χ2n) is 7.61. The molecular formula is C25H32N2O5. The lowest BCUT2D eigenvalue weighted by Crippen LogP contribution is -2.49. The third-order valence-corrected chi connectivity index (χ3v) is 5.18. The minimum Gasteiger partial charge on any atom is -0.480 e. The summed E-state index contributed by atoms with van der Waals surface area (Å²) in [5, 5.41) is 14.9. The Bertz CT molecular complexity index is 857. The molecule has 0 radical (unpaired) electrons. The van der Waals surface area contributed by atoms with E-state index < -0.39 is 24.0 Å². The monoisotopic (exact) mass is 440 g/mol. The molecule has 172 valence electrons. The van der Waals surface area contributed by atoms with Crippen LogP contribution in [0.4, 0.5) is 0 Å². The first-order valence-electron chi connectivity index (χ1n) is 10.9. The zero-order valence-corrected chi connectivity index (χ0v) is 18.6. The normalized spacial score (nSPS) is 13.7. The van der Waals surface area contributed by atoms with E-state index >= 15 is 0 Å². The molecule has 0 spiro atoms. The molecular weight excluding hydrogens is 408 g/mol. The summed E-state index contributed by atoms with van der Waals surface area (Å²) >= 11 is 0. The molecule has 0 aromatic heterocycles. The minimum atomic E-state index is -0.987. The van der Waals surface area contributed by atoms with Gasteiger partial charge in [0.2, 0.25) is 0 Å². The molecule has 2 aromatic rings. The van der Waals surface area contributed by atoms with E-state index in [1.54, 1.807) is 13.8 Å². The summed E-state index contributed by atoms with van der Waals surface area (Å²) in [5.41, 5.74) is 1.89. The Morgan fingerprint density at radius 3 is 2.22 bits per heavy atom. The van der Waals surface area contributed by atoms with E-state index in [2.05, 4.69) is 10.6 Å². The summed E-state index contributed by atoms with van der Waals surface area (Å²) in [6.07, 6.45) is 1.16. The molecule has 0 aliphatic carbocycles. The highest BCUT2D eigenvalue weighted by molar-refractivity contribution is 5.91. The molecule has 0 saturated carbocycles. The summed E-state index contributed by atoms with van der Waals surface area (Å²) in [6, 6.07) is 17.8. The highest BCUT2D eigenvalue weighted by atomic mass is 16.5. The van der Waals surface area contributed by atoms with Crippen LogP contribution >= 0.6 is 0 Å². The quantitative estimate of drug-likeness (QED) is 0.388. The Hall–Kier alpha value is -3.03. The van der Waals surface area contributed by atoms with E-state index in [0.29, 0.717) is 12.8 Å². The van der Waals surface area contributed by atoms with Crippen molar-refractivity contribution in [3.8, 4) is 0 Å². The van der Waals surface area contributed by atoms with Crippen molar-refractivity contribution in [2.24, 2.45) is 0 Å². The highest BCUT2D eigenvalue weighted by Crippen LogP contribution is 2.18. The largest absolute Gasteiger partial charge is 0.480 e. The van der Waals surface area contributed by atoms with Crippen LogP contribution in [0.25, 0.3) is 0 Å². The molecule has 32 heavy (non-hydrogen) atoms. The summed E-state index contributed by atoms with van der Waals surface area (Å²) < 4.78 is 5.22. The molecule has 7 nitrogen and oxygen atoms in total. The lowest BCUT2D eigenvalue weighted by molar-refractivity contribution is -0.146. The molecule has 7 heteroatoms. The number of benzene rings is 2. The number of carboxylic acid groups (broad SMARTS) is 1. The van der Waals surface area contributed by atoms with E-state index in [9.17, 15) is 14.4 Å². The van der Waals surface area contributed by atoms with Gasteiger partial charge in [-0.05, 0) is 37.8 Å². The van der Waals surface area contributed by atoms with Crippen LogP contribution in [0.5, 0.6) is 0 Å². The number of aryl methyl sites for hydroxylation is 1. The van der Waals surface area contributed by atoms with Crippen molar-refractivity contribution in [3.63, 3.8) is 0 Å². The van der Waals surface area contributed by atoms with Crippen LogP contribution in [0.1, 0.15) is 37.3 Å². The molecule has 3 atom stereocenters. The number of aliphatic carboxylic acids is 1. The molecule has 0 heterocycles. The third-order valence-electron chi connectivity index (χ3n) is 5.18. The number of ketones is 1. The van der Waals surface area contributed by atoms with E-state index in [-0.39, 0.29) is 31.4 Å². The fourth-order valence-electron chi connectivity index (χ4n) is 3.54. The predicted molar refractivity (Wildman–Crippen MR) is 122 cm³/mol. The average Bonchev–Trinajstić information content (AvgIpc) is 2.80. The van der Waals surface area contributed by atoms with Crippen LogP contribution in [0, 0.1) is 0 Å². The lowest BCUT2D eigenvalue weighted by Gasteiger charge is -2.25. The molecule has 3 N–H and O–H groups in total. The maximum absolute atomic E-state index is 13.3. The number of ether oxygens (including phenoxy) is 1. The zero-order valence-electron chi connectivity index (χ0n) is 18.6. The Labute approximate surface area is 189 Å². The van der Waals surface area contributed by atoms with Gasteiger partial charge in [0.1, 0.15) is 6.04 Å². The smallest absolute Gasteiger partial charge is 0.323 e. The molecule has 0 aliphatic rings.